The van der Waals surface area contributed by atoms with Crippen molar-refractivity contribution in [3.8, 4) is 5.75 Å². The topological polar surface area (TPSA) is 145 Å². The summed E-state index contributed by atoms with van der Waals surface area (Å²) in [6.45, 7) is 10.8. The normalized spacial score (nSPS) is 31.5. The molecule has 2 saturated heterocycles. The second kappa shape index (κ2) is 24.7. The van der Waals surface area contributed by atoms with Crippen LogP contribution in [0.3, 0.4) is 0 Å². The van der Waals surface area contributed by atoms with Crippen molar-refractivity contribution in [1.29, 1.82) is 0 Å². The third-order valence-electron chi connectivity index (χ3n) is 16.3. The van der Waals surface area contributed by atoms with Crippen molar-refractivity contribution in [2.45, 2.75) is 172 Å². The van der Waals surface area contributed by atoms with Crippen molar-refractivity contribution in [2.75, 3.05) is 47.9 Å². The van der Waals surface area contributed by atoms with Crippen molar-refractivity contribution >= 4 is 33.9 Å². The number of aromatic nitrogens is 1. The van der Waals surface area contributed by atoms with Crippen LogP contribution in [0.15, 0.2) is 66.2 Å². The number of ketones is 1. The summed E-state index contributed by atoms with van der Waals surface area (Å²) in [6, 6.07) is 18.3. The molecule has 1 saturated carbocycles. The van der Waals surface area contributed by atoms with Gasteiger partial charge >= 0.3 is 5.97 Å². The van der Waals surface area contributed by atoms with Crippen LogP contribution in [0.2, 0.25) is 0 Å². The summed E-state index contributed by atoms with van der Waals surface area (Å²) in [6.07, 6.45) is 4.85. The molecule has 3 aromatic rings. The lowest BCUT2D eigenvalue weighted by Crippen LogP contribution is -2.51. The predicted octanol–water partition coefficient (Wildman–Crippen LogP) is 10.2. The first-order valence-electron chi connectivity index (χ1n) is 26.5. The molecule has 1 aromatic heterocycles. The zero-order valence-electron chi connectivity index (χ0n) is 44.5. The van der Waals surface area contributed by atoms with Gasteiger partial charge in [0.25, 0.3) is 0 Å². The molecular weight excluding hydrogens is 935 g/mol. The average molecular weight is 1020 g/mol. The van der Waals surface area contributed by atoms with Crippen LogP contribution in [0.4, 0.5) is 10.8 Å². The largest absolute Gasteiger partial charge is 0.487 e. The Morgan fingerprint density at radius 1 is 0.861 bits per heavy atom. The Hall–Kier alpha value is -3.77. The van der Waals surface area contributed by atoms with Crippen molar-refractivity contribution in [1.82, 2.24) is 9.88 Å². The number of benzene rings is 2. The third kappa shape index (κ3) is 12.0. The summed E-state index contributed by atoms with van der Waals surface area (Å²) < 4.78 is 57.3. The standard InChI is InChI=1S/C57H81N3O11S/c1-12-36-21-18-24-45(71-48-26-25-44(60(6)7)34(5)68-48)33(4)51(62)41-29-39-38-27-37(70-56(66-11)54(65-10)53(64-9)52(63-8)32(2)3)28-42(38)55-50(49(39)40(41)30-47(61)69-36)59-57(72-55)58-43-22-16-17-23-46(43)67-31-35-19-14-13-15-20-35/h13-17,19-20,22-23,29,32-34,36-40,42,44-45,48-49,52-54,56H,12,18,21,24-28,30-31H2,1-11H3,(H,58,59)/t33-,34?,36+,37+,38+,39+,40-,42?,44+,45+,48+,49?,52?,53?,54?,56?/m1/s1. The lowest BCUT2D eigenvalue weighted by Gasteiger charge is -2.40. The summed E-state index contributed by atoms with van der Waals surface area (Å²) >= 11 is 1.64. The summed E-state index contributed by atoms with van der Waals surface area (Å²) in [5.41, 5.74) is 3.46. The number of Topliss-reactive ketones (excluding diaryl/α,β-unsaturated/α-hetero) is 1. The molecule has 2 aromatic carbocycles. The first kappa shape index (κ1) is 54.5. The smallest absolute Gasteiger partial charge is 0.306 e. The number of ether oxygens (including phenoxy) is 9. The Kier molecular flexibility index (Phi) is 18.7. The molecule has 5 aliphatic rings. The molecule has 0 spiro atoms. The number of likely N-dealkylation sites (N-methyl/N-ethyl adjacent to an activating group) is 1. The number of methoxy groups -OCH3 is 4. The van der Waals surface area contributed by atoms with E-state index in [0.717, 1.165) is 46.2 Å². The van der Waals surface area contributed by atoms with Crippen LogP contribution in [0.1, 0.15) is 120 Å². The van der Waals surface area contributed by atoms with Gasteiger partial charge in [-0.2, -0.15) is 0 Å². The second-order valence-electron chi connectivity index (χ2n) is 21.3. The van der Waals surface area contributed by atoms with E-state index in [2.05, 4.69) is 58.1 Å². The van der Waals surface area contributed by atoms with Gasteiger partial charge in [0, 0.05) is 63.0 Å². The number of nitrogens with zero attached hydrogens (tertiary/aromatic N) is 2. The van der Waals surface area contributed by atoms with Crippen LogP contribution in [0, 0.1) is 29.6 Å². The molecule has 72 heavy (non-hydrogen) atoms. The molecule has 3 aliphatic carbocycles. The van der Waals surface area contributed by atoms with Gasteiger partial charge in [-0.1, -0.05) is 76.2 Å². The molecule has 2 aliphatic heterocycles. The molecule has 396 valence electrons. The second-order valence-corrected chi connectivity index (χ2v) is 22.3. The summed E-state index contributed by atoms with van der Waals surface area (Å²) in [5, 5.41) is 4.37. The van der Waals surface area contributed by atoms with Crippen molar-refractivity contribution in [3.63, 3.8) is 0 Å². The number of para-hydroxylation sites is 2. The van der Waals surface area contributed by atoms with E-state index >= 15 is 4.79 Å². The maximum atomic E-state index is 15.4. The van der Waals surface area contributed by atoms with Gasteiger partial charge in [0.15, 0.2) is 23.5 Å². The Labute approximate surface area is 432 Å². The number of anilines is 2. The lowest BCUT2D eigenvalue weighted by molar-refractivity contribution is -0.246. The summed E-state index contributed by atoms with van der Waals surface area (Å²) in [5.74, 6) is -0.556. The number of cyclic esters (lactones) is 1. The Morgan fingerprint density at radius 2 is 1.60 bits per heavy atom. The molecule has 16 atom stereocenters. The summed E-state index contributed by atoms with van der Waals surface area (Å²) in [4.78, 5) is 38.5. The van der Waals surface area contributed by atoms with Gasteiger partial charge in [0.05, 0.1) is 42.2 Å². The highest BCUT2D eigenvalue weighted by molar-refractivity contribution is 7.15. The fourth-order valence-electron chi connectivity index (χ4n) is 12.7. The zero-order chi connectivity index (χ0) is 51.2. The minimum absolute atomic E-state index is 0.0117. The highest BCUT2D eigenvalue weighted by atomic mass is 32.1. The number of fused-ring (bicyclic) bond motifs is 8. The van der Waals surface area contributed by atoms with E-state index in [1.807, 2.05) is 61.5 Å². The molecule has 1 N–H and O–H groups in total. The van der Waals surface area contributed by atoms with Gasteiger partial charge in [-0.15, -0.1) is 11.3 Å². The minimum Gasteiger partial charge on any atom is -0.487 e. The van der Waals surface area contributed by atoms with Crippen LogP contribution < -0.4 is 10.1 Å². The van der Waals surface area contributed by atoms with E-state index in [1.54, 1.807) is 39.8 Å². The van der Waals surface area contributed by atoms with Crippen molar-refractivity contribution in [3.05, 3.63) is 82.4 Å². The highest BCUT2D eigenvalue weighted by Crippen LogP contribution is 2.63. The molecule has 15 heteroatoms. The van der Waals surface area contributed by atoms with Crippen LogP contribution in [-0.2, 0) is 54.1 Å². The quantitative estimate of drug-likeness (QED) is 0.0898. The van der Waals surface area contributed by atoms with E-state index in [1.165, 1.54) is 0 Å². The van der Waals surface area contributed by atoms with Crippen LogP contribution in [-0.4, -0.2) is 126 Å². The maximum absolute atomic E-state index is 15.4. The maximum Gasteiger partial charge on any atom is 0.306 e. The van der Waals surface area contributed by atoms with E-state index in [4.69, 9.17) is 47.6 Å². The number of esters is 1. The molecule has 0 amide bonds. The van der Waals surface area contributed by atoms with Crippen molar-refractivity contribution in [2.24, 2.45) is 29.6 Å². The van der Waals surface area contributed by atoms with Gasteiger partial charge < -0.3 is 52.8 Å². The minimum atomic E-state index is -0.759. The number of allylic oxidation sites excluding steroid dienone is 2. The number of carbonyl (C=O) groups excluding carboxylic acids is 2. The number of rotatable bonds is 19. The predicted molar refractivity (Wildman–Crippen MR) is 278 cm³/mol. The number of nitrogens with one attached hydrogen (secondary N) is 1. The van der Waals surface area contributed by atoms with Crippen LogP contribution in [0.5, 0.6) is 5.75 Å². The molecule has 7 unspecified atom stereocenters. The fraction of sp³-hybridized carbons (Fsp3) is 0.667. The number of hydrogen-bond acceptors (Lipinski definition) is 15. The Balaban J connectivity index is 1.15. The number of thiazole rings is 1. The molecule has 0 radical (unpaired) electrons. The Bertz CT molecular complexity index is 2270. The monoisotopic (exact) mass is 1020 g/mol. The zero-order valence-corrected chi connectivity index (χ0v) is 45.3. The molecule has 8 rings (SSSR count). The Morgan fingerprint density at radius 3 is 2.28 bits per heavy atom. The van der Waals surface area contributed by atoms with Gasteiger partial charge in [-0.3, -0.25) is 9.59 Å². The van der Waals surface area contributed by atoms with Gasteiger partial charge in [-0.25, -0.2) is 4.98 Å². The van der Waals surface area contributed by atoms with E-state index in [-0.39, 0.29) is 78.3 Å². The van der Waals surface area contributed by atoms with Crippen molar-refractivity contribution < 1.29 is 52.2 Å². The highest BCUT2D eigenvalue weighted by Gasteiger charge is 2.56. The third-order valence-corrected chi connectivity index (χ3v) is 17.5. The van der Waals surface area contributed by atoms with Crippen LogP contribution >= 0.6 is 11.3 Å². The first-order valence-corrected chi connectivity index (χ1v) is 27.3. The van der Waals surface area contributed by atoms with Gasteiger partial charge in [0.1, 0.15) is 30.7 Å². The van der Waals surface area contributed by atoms with Gasteiger partial charge in [-0.05, 0) is 113 Å². The molecule has 0 bridgehead atoms. The molecule has 14 nitrogen and oxygen atoms in total. The van der Waals surface area contributed by atoms with E-state index < -0.39 is 36.6 Å². The van der Waals surface area contributed by atoms with Gasteiger partial charge in [0.2, 0.25) is 0 Å². The molecule has 3 fully saturated rings. The summed E-state index contributed by atoms with van der Waals surface area (Å²) in [7, 11) is 10.8. The number of carbonyl (C=O) groups is 2. The van der Waals surface area contributed by atoms with E-state index in [9.17, 15) is 4.79 Å². The average Bonchev–Trinajstić information content (AvgIpc) is 4.09. The molecule has 3 heterocycles. The van der Waals surface area contributed by atoms with E-state index in [0.29, 0.717) is 56.1 Å². The number of hydrogen-bond donors (Lipinski definition) is 1. The SMILES string of the molecule is CC[C@H]1CCC[C@H](O[C@H]2CC[C@H](N(C)C)C(C)O2)[C@@H](C)C(=O)C2=C[C@@H]3C(c4nc(Nc5ccccc5OCc5ccccc5)sc4C4C[C@@H](OC(OC)C(OC)C(OC)C(OC)C(C)C)C[C@H]43)[C@@H]2CC(=O)O1. The molecular formula is C57H81N3O11S. The fourth-order valence-corrected chi connectivity index (χ4v) is 13.9. The van der Waals surface area contributed by atoms with Crippen LogP contribution in [0.25, 0.3) is 0 Å². The lowest BCUT2D eigenvalue weighted by atomic mass is 9.67. The first-order chi connectivity index (χ1) is 34.8.